The minimum Gasteiger partial charge on any atom is -0.314 e. The summed E-state index contributed by atoms with van der Waals surface area (Å²) in [4.78, 5) is 4.08. The Morgan fingerprint density at radius 2 is 2.12 bits per heavy atom. The first-order valence-electron chi connectivity index (χ1n) is 4.94. The first kappa shape index (κ1) is 12.2. The molecule has 0 amide bonds. The third-order valence-electron chi connectivity index (χ3n) is 2.26. The van der Waals surface area contributed by atoms with E-state index in [2.05, 4.69) is 26.2 Å². The van der Waals surface area contributed by atoms with E-state index < -0.39 is 11.6 Å². The summed E-state index contributed by atoms with van der Waals surface area (Å²) >= 11 is 2.93. The Labute approximate surface area is 106 Å². The molecule has 0 aliphatic heterocycles. The van der Waals surface area contributed by atoms with Crippen LogP contribution in [0.3, 0.4) is 0 Å². The molecule has 0 aliphatic carbocycles. The lowest BCUT2D eigenvalue weighted by molar-refractivity contribution is 0.587. The summed E-state index contributed by atoms with van der Waals surface area (Å²) in [5, 5.41) is 2.93. The minimum atomic E-state index is -0.509. The van der Waals surface area contributed by atoms with Crippen LogP contribution < -0.4 is 5.32 Å². The smallest absolute Gasteiger partial charge is 0.148 e. The van der Waals surface area contributed by atoms with Gasteiger partial charge >= 0.3 is 0 Å². The number of aromatic nitrogens is 2. The van der Waals surface area contributed by atoms with Gasteiger partial charge in [0.15, 0.2) is 0 Å². The molecule has 3 nitrogen and oxygen atoms in total. The molecule has 1 aromatic carbocycles. The summed E-state index contributed by atoms with van der Waals surface area (Å²) in [6, 6.07) is 2.23. The highest BCUT2D eigenvalue weighted by molar-refractivity contribution is 9.10. The van der Waals surface area contributed by atoms with E-state index >= 15 is 0 Å². The summed E-state index contributed by atoms with van der Waals surface area (Å²) in [6.07, 6.45) is 3.11. The van der Waals surface area contributed by atoms with Crippen LogP contribution >= 0.6 is 15.9 Å². The highest BCUT2D eigenvalue weighted by atomic mass is 79.9. The fourth-order valence-corrected chi connectivity index (χ4v) is 1.79. The molecule has 0 aliphatic rings. The van der Waals surface area contributed by atoms with E-state index in [-0.39, 0.29) is 10.2 Å². The van der Waals surface area contributed by atoms with Crippen molar-refractivity contribution in [2.45, 2.75) is 6.54 Å². The van der Waals surface area contributed by atoms with Crippen LogP contribution in [-0.2, 0) is 6.54 Å². The van der Waals surface area contributed by atoms with Crippen LogP contribution in [0.1, 0.15) is 5.69 Å². The highest BCUT2D eigenvalue weighted by Crippen LogP contribution is 2.22. The second-order valence-corrected chi connectivity index (χ2v) is 4.37. The average Bonchev–Trinajstić information content (AvgIpc) is 2.72. The van der Waals surface area contributed by atoms with Gasteiger partial charge in [0.1, 0.15) is 11.6 Å². The van der Waals surface area contributed by atoms with Crippen LogP contribution in [0.5, 0.6) is 0 Å². The van der Waals surface area contributed by atoms with Crippen molar-refractivity contribution in [3.05, 3.63) is 46.5 Å². The zero-order valence-electron chi connectivity index (χ0n) is 9.04. The summed E-state index contributed by atoms with van der Waals surface area (Å²) < 4.78 is 28.6. The molecule has 0 fully saturated rings. The van der Waals surface area contributed by atoms with E-state index in [4.69, 9.17) is 0 Å². The topological polar surface area (TPSA) is 29.9 Å². The molecule has 2 aromatic rings. The number of imidazole rings is 1. The van der Waals surface area contributed by atoms with Crippen LogP contribution in [-0.4, -0.2) is 16.6 Å². The molecule has 0 bridgehead atoms. The maximum atomic E-state index is 13.7. The number of hydrogen-bond acceptors (Lipinski definition) is 2. The van der Waals surface area contributed by atoms with E-state index in [1.54, 1.807) is 13.2 Å². The number of hydrogen-bond donors (Lipinski definition) is 1. The molecular weight excluding hydrogens is 292 g/mol. The number of rotatable bonds is 3. The second kappa shape index (κ2) is 4.93. The van der Waals surface area contributed by atoms with Gasteiger partial charge in [-0.25, -0.2) is 13.8 Å². The molecule has 0 atom stereocenters. The molecule has 0 saturated carbocycles. The van der Waals surface area contributed by atoms with Gasteiger partial charge in [0, 0.05) is 18.8 Å². The maximum Gasteiger partial charge on any atom is 0.148 e. The summed E-state index contributed by atoms with van der Waals surface area (Å²) in [6.45, 7) is 0.577. The van der Waals surface area contributed by atoms with E-state index in [1.165, 1.54) is 10.9 Å². The lowest BCUT2D eigenvalue weighted by atomic mass is 10.3. The van der Waals surface area contributed by atoms with Gasteiger partial charge in [-0.1, -0.05) is 0 Å². The largest absolute Gasteiger partial charge is 0.314 e. The van der Waals surface area contributed by atoms with Crippen LogP contribution in [0.25, 0.3) is 5.69 Å². The first-order valence-corrected chi connectivity index (χ1v) is 5.73. The predicted octanol–water partition coefficient (Wildman–Crippen LogP) is 2.63. The van der Waals surface area contributed by atoms with Crippen LogP contribution in [0.4, 0.5) is 8.78 Å². The molecule has 0 saturated heterocycles. The predicted molar refractivity (Wildman–Crippen MR) is 63.9 cm³/mol. The molecule has 90 valence electrons. The van der Waals surface area contributed by atoms with Crippen molar-refractivity contribution in [3.63, 3.8) is 0 Å². The summed E-state index contributed by atoms with van der Waals surface area (Å²) in [7, 11) is 1.79. The van der Waals surface area contributed by atoms with Crippen LogP contribution in [0.2, 0.25) is 0 Å². The molecule has 6 heteroatoms. The van der Waals surface area contributed by atoms with Crippen molar-refractivity contribution in [3.8, 4) is 5.69 Å². The number of benzene rings is 1. The van der Waals surface area contributed by atoms with Crippen LogP contribution in [0.15, 0.2) is 29.1 Å². The number of nitrogens with one attached hydrogen (secondary N) is 1. The van der Waals surface area contributed by atoms with Gasteiger partial charge in [0.05, 0.1) is 22.2 Å². The summed E-state index contributed by atoms with van der Waals surface area (Å²) in [5.74, 6) is -1.02. The Bertz CT molecular complexity index is 540. The quantitative estimate of drug-likeness (QED) is 0.883. The summed E-state index contributed by atoms with van der Waals surface area (Å²) in [5.41, 5.74) is 0.899. The average molecular weight is 302 g/mol. The molecule has 1 heterocycles. The maximum absolute atomic E-state index is 13.7. The van der Waals surface area contributed by atoms with Crippen molar-refractivity contribution < 1.29 is 8.78 Å². The van der Waals surface area contributed by atoms with Gasteiger partial charge in [-0.3, -0.25) is 0 Å². The Hall–Kier alpha value is -1.27. The van der Waals surface area contributed by atoms with Crippen molar-refractivity contribution in [1.29, 1.82) is 0 Å². The Balaban J connectivity index is 2.41. The molecular formula is C11H10BrF2N3. The monoisotopic (exact) mass is 301 g/mol. The van der Waals surface area contributed by atoms with Gasteiger partial charge in [-0.05, 0) is 29.0 Å². The molecule has 17 heavy (non-hydrogen) atoms. The normalized spacial score (nSPS) is 10.8. The molecule has 1 aromatic heterocycles. The van der Waals surface area contributed by atoms with Gasteiger partial charge < -0.3 is 9.88 Å². The van der Waals surface area contributed by atoms with Crippen molar-refractivity contribution in [2.24, 2.45) is 0 Å². The van der Waals surface area contributed by atoms with E-state index in [9.17, 15) is 8.78 Å². The molecule has 2 rings (SSSR count). The fourth-order valence-electron chi connectivity index (χ4n) is 1.48. The number of halogens is 3. The lowest BCUT2D eigenvalue weighted by Crippen LogP contribution is -2.05. The molecule has 0 spiro atoms. The zero-order valence-corrected chi connectivity index (χ0v) is 10.6. The lowest BCUT2D eigenvalue weighted by Gasteiger charge is -2.05. The Morgan fingerprint density at radius 1 is 1.35 bits per heavy atom. The second-order valence-electron chi connectivity index (χ2n) is 3.52. The standard InChI is InChI=1S/C11H10BrF2N3/c1-15-4-7-5-17(6-16-7)11-3-9(13)8(12)2-10(11)14/h2-3,5-6,15H,4H2,1H3. The molecule has 0 radical (unpaired) electrons. The fraction of sp³-hybridized carbons (Fsp3) is 0.182. The van der Waals surface area contributed by atoms with E-state index in [0.29, 0.717) is 6.54 Å². The first-order chi connectivity index (χ1) is 8.11. The Kier molecular flexibility index (Phi) is 3.54. The van der Waals surface area contributed by atoms with Gasteiger partial charge in [0.2, 0.25) is 0 Å². The van der Waals surface area contributed by atoms with Gasteiger partial charge in [-0.15, -0.1) is 0 Å². The molecule has 1 N–H and O–H groups in total. The highest BCUT2D eigenvalue weighted by Gasteiger charge is 2.10. The third-order valence-corrected chi connectivity index (χ3v) is 2.87. The van der Waals surface area contributed by atoms with Crippen LogP contribution in [0, 0.1) is 11.6 Å². The minimum absolute atomic E-state index is 0.106. The van der Waals surface area contributed by atoms with Crippen molar-refractivity contribution >= 4 is 15.9 Å². The zero-order chi connectivity index (χ0) is 12.4. The van der Waals surface area contributed by atoms with E-state index in [1.807, 2.05) is 0 Å². The Morgan fingerprint density at radius 3 is 2.82 bits per heavy atom. The third kappa shape index (κ3) is 2.53. The van der Waals surface area contributed by atoms with Gasteiger partial charge in [-0.2, -0.15) is 0 Å². The van der Waals surface area contributed by atoms with Gasteiger partial charge in [0.25, 0.3) is 0 Å². The SMILES string of the molecule is CNCc1cn(-c2cc(F)c(Br)cc2F)cn1. The van der Waals surface area contributed by atoms with Crippen molar-refractivity contribution in [2.75, 3.05) is 7.05 Å². The van der Waals surface area contributed by atoms with Crippen molar-refractivity contribution in [1.82, 2.24) is 14.9 Å². The molecule has 0 unspecified atom stereocenters. The number of nitrogens with zero attached hydrogens (tertiary/aromatic N) is 2. The van der Waals surface area contributed by atoms with E-state index in [0.717, 1.165) is 17.8 Å².